The van der Waals surface area contributed by atoms with Crippen molar-refractivity contribution in [2.75, 3.05) is 13.2 Å². The van der Waals surface area contributed by atoms with Crippen molar-refractivity contribution in [3.8, 4) is 0 Å². The van der Waals surface area contributed by atoms with Gasteiger partial charge in [-0.05, 0) is 6.92 Å². The van der Waals surface area contributed by atoms with Gasteiger partial charge in [0.1, 0.15) is 12.2 Å². The largest absolute Gasteiger partial charge is 0.490 e. The molecule has 2 heterocycles. The van der Waals surface area contributed by atoms with Crippen LogP contribution in [0.5, 0.6) is 0 Å². The van der Waals surface area contributed by atoms with E-state index in [2.05, 4.69) is 18.5 Å². The molecule has 2 fully saturated rings. The van der Waals surface area contributed by atoms with Crippen LogP contribution < -0.4 is 5.32 Å². The van der Waals surface area contributed by atoms with Crippen molar-refractivity contribution in [1.82, 2.24) is 10.2 Å². The normalized spacial score (nSPS) is 34.4. The molecule has 2 aliphatic heterocycles. The summed E-state index contributed by atoms with van der Waals surface area (Å²) < 4.78 is 65.2. The molecule has 0 aromatic heterocycles. The predicted molar refractivity (Wildman–Crippen MR) is 96.5 cm³/mol. The molecule has 2 rings (SSSR count). The summed E-state index contributed by atoms with van der Waals surface area (Å²) in [4.78, 5) is 48.6. The van der Waals surface area contributed by atoms with E-state index in [1.54, 1.807) is 0 Å². The van der Waals surface area contributed by atoms with Crippen molar-refractivity contribution in [2.45, 2.75) is 37.4 Å². The Hall–Kier alpha value is -0.380. The molecule has 20 heteroatoms. The molecule has 6 atom stereocenters. The van der Waals surface area contributed by atoms with E-state index in [1.165, 1.54) is 0 Å². The second kappa shape index (κ2) is 8.87. The van der Waals surface area contributed by atoms with Crippen LogP contribution in [0.2, 0.25) is 0 Å². The number of urea groups is 1. The first kappa shape index (κ1) is 25.9. The number of phosphoric ester groups is 1. The molecule has 3 unspecified atom stereocenters. The van der Waals surface area contributed by atoms with Gasteiger partial charge in [0.2, 0.25) is 0 Å². The van der Waals surface area contributed by atoms with Crippen LogP contribution >= 0.6 is 35.7 Å². The minimum absolute atomic E-state index is 0.0375. The van der Waals surface area contributed by atoms with Crippen molar-refractivity contribution >= 4 is 46.7 Å². The number of carbonyl (C=O) groups is 1. The van der Waals surface area contributed by atoms with E-state index in [-0.39, 0.29) is 18.0 Å². The summed E-state index contributed by atoms with van der Waals surface area (Å²) in [6, 6.07) is -0.791. The number of carbonyl (C=O) groups excluding carboxylic acids is 1. The summed E-state index contributed by atoms with van der Waals surface area (Å²) in [5.41, 5.74) is -2.56. The van der Waals surface area contributed by atoms with Gasteiger partial charge in [-0.1, -0.05) is 12.2 Å². The maximum Gasteiger partial charge on any atom is 0.490 e. The molecule has 0 aromatic rings. The lowest BCUT2D eigenvalue weighted by Crippen LogP contribution is -2.58. The number of thiocarbonyl (C=S) groups is 1. The van der Waals surface area contributed by atoms with E-state index in [0.29, 0.717) is 0 Å². The smallest absolute Gasteiger partial charge is 0.387 e. The van der Waals surface area contributed by atoms with Crippen molar-refractivity contribution in [1.29, 1.82) is 0 Å². The Kier molecular flexibility index (Phi) is 7.65. The lowest BCUT2D eigenvalue weighted by atomic mass is 9.98. The fourth-order valence-corrected chi connectivity index (χ4v) is 5.87. The lowest BCUT2D eigenvalue weighted by molar-refractivity contribution is -0.0864. The third-order valence-electron chi connectivity index (χ3n) is 3.90. The number of halogens is 1. The predicted octanol–water partition coefficient (Wildman–Crippen LogP) is -0.114. The van der Waals surface area contributed by atoms with Gasteiger partial charge < -0.3 is 34.7 Å². The Morgan fingerprint density at radius 3 is 2.40 bits per heavy atom. The zero-order valence-corrected chi connectivity index (χ0v) is 18.4. The number of phosphoric acid groups is 3. The molecule has 15 nitrogen and oxygen atoms in total. The molecule has 2 amide bonds. The van der Waals surface area contributed by atoms with E-state index in [0.717, 1.165) is 11.8 Å². The average Bonchev–Trinajstić information content (AvgIpc) is 2.73. The van der Waals surface area contributed by atoms with Crippen molar-refractivity contribution in [3.05, 3.63) is 0 Å². The fraction of sp³-hybridized carbons (Fsp3) is 0.800. The summed E-state index contributed by atoms with van der Waals surface area (Å²) in [5.74, 6) is 0. The number of nitrogens with one attached hydrogen (secondary N) is 1. The minimum Gasteiger partial charge on any atom is -0.387 e. The van der Waals surface area contributed by atoms with Crippen LogP contribution in [0.25, 0.3) is 0 Å². The van der Waals surface area contributed by atoms with Crippen molar-refractivity contribution in [3.63, 3.8) is 0 Å². The first-order chi connectivity index (χ1) is 13.4. The second-order valence-electron chi connectivity index (χ2n) is 6.31. The number of rotatable bonds is 8. The van der Waals surface area contributed by atoms with E-state index >= 15 is 4.39 Å². The highest BCUT2D eigenvalue weighted by molar-refractivity contribution is 7.80. The molecule has 30 heavy (non-hydrogen) atoms. The second-order valence-corrected chi connectivity index (χ2v) is 11.2. The molecule has 0 bridgehead atoms. The fourth-order valence-electron chi connectivity index (χ4n) is 2.66. The Bertz CT molecular complexity index is 851. The minimum atomic E-state index is -5.74. The average molecular weight is 518 g/mol. The molecule has 0 spiro atoms. The van der Waals surface area contributed by atoms with Gasteiger partial charge >= 0.3 is 29.5 Å². The maximum absolute atomic E-state index is 15.0. The van der Waals surface area contributed by atoms with Crippen LogP contribution in [0.1, 0.15) is 13.3 Å². The zero-order chi connectivity index (χ0) is 23.1. The molecular weight excluding hydrogens is 500 g/mol. The van der Waals surface area contributed by atoms with Crippen molar-refractivity contribution < 1.29 is 65.4 Å². The van der Waals surface area contributed by atoms with Crippen LogP contribution in [0.3, 0.4) is 0 Å². The van der Waals surface area contributed by atoms with Crippen molar-refractivity contribution in [2.24, 2.45) is 0 Å². The van der Waals surface area contributed by atoms with E-state index in [9.17, 15) is 28.5 Å². The topological polar surface area (TPSA) is 222 Å². The van der Waals surface area contributed by atoms with Gasteiger partial charge in [0.05, 0.1) is 11.6 Å². The zero-order valence-electron chi connectivity index (χ0n) is 14.9. The maximum atomic E-state index is 15.0. The molecule has 174 valence electrons. The summed E-state index contributed by atoms with van der Waals surface area (Å²) in [7, 11) is -16.8. The van der Waals surface area contributed by atoms with E-state index in [1.807, 2.05) is 0 Å². The Balaban J connectivity index is 2.04. The Morgan fingerprint density at radius 2 is 1.87 bits per heavy atom. The van der Waals surface area contributed by atoms with Gasteiger partial charge in [0, 0.05) is 13.0 Å². The number of hydrogen-bond donors (Lipinski definition) is 6. The van der Waals surface area contributed by atoms with Crippen LogP contribution in [0, 0.1) is 0 Å². The van der Waals surface area contributed by atoms with Crippen LogP contribution in [0.4, 0.5) is 9.18 Å². The van der Waals surface area contributed by atoms with Gasteiger partial charge in [-0.25, -0.2) is 22.9 Å². The van der Waals surface area contributed by atoms with Gasteiger partial charge in [-0.2, -0.15) is 8.62 Å². The number of hydrogen-bond acceptors (Lipinski definition) is 10. The quantitative estimate of drug-likeness (QED) is 0.182. The first-order valence-corrected chi connectivity index (χ1v) is 12.8. The highest BCUT2D eigenvalue weighted by atomic mass is 32.1. The molecule has 0 aromatic carbocycles. The Labute approximate surface area is 173 Å². The summed E-state index contributed by atoms with van der Waals surface area (Å²) in [5, 5.41) is 12.4. The number of alkyl halides is 1. The molecule has 0 aliphatic carbocycles. The number of aliphatic hydroxyl groups is 1. The number of ether oxygens (including phenoxy) is 1. The standard InChI is InChI=1S/C10H18FN2O13P3S/c1-10(11)7(14)5(24-8(10)13-3-2-6(30)12-9(13)15)4-23-28(19,20)26-29(21,22)25-27(16,17)18/h5,7-8,14H,2-4H2,1H3,(H,19,20)(H,21,22)(H,12,15,30)(H2,16,17,18)/t5-,7?,8-,10-/m1/s1. The summed E-state index contributed by atoms with van der Waals surface area (Å²) >= 11 is 4.83. The van der Waals surface area contributed by atoms with Gasteiger partial charge in [-0.15, -0.1) is 0 Å². The molecule has 2 saturated heterocycles. The highest BCUT2D eigenvalue weighted by Gasteiger charge is 2.58. The van der Waals surface area contributed by atoms with Gasteiger partial charge in [0.15, 0.2) is 11.9 Å². The van der Waals surface area contributed by atoms with Gasteiger partial charge in [0.25, 0.3) is 0 Å². The van der Waals surface area contributed by atoms with Crippen LogP contribution in [-0.2, 0) is 31.6 Å². The third kappa shape index (κ3) is 6.56. The molecular formula is C10H18FN2O13P3S. The van der Waals surface area contributed by atoms with E-state index in [4.69, 9.17) is 31.6 Å². The lowest BCUT2D eigenvalue weighted by Gasteiger charge is -2.36. The Morgan fingerprint density at radius 1 is 1.27 bits per heavy atom. The molecule has 2 aliphatic rings. The monoisotopic (exact) mass is 518 g/mol. The SMILES string of the molecule is C[C@@]1(F)C(O)[C@@H](COP(=O)(O)OP(=O)(O)OP(=O)(O)O)O[C@H]1N1CCC(=S)NC1=O. The summed E-state index contributed by atoms with van der Waals surface area (Å²) in [6.07, 6.45) is -5.06. The number of nitrogens with zero attached hydrogens (tertiary/aromatic N) is 1. The molecule has 0 radical (unpaired) electrons. The number of aliphatic hydroxyl groups excluding tert-OH is 1. The van der Waals surface area contributed by atoms with Crippen LogP contribution in [0.15, 0.2) is 0 Å². The first-order valence-electron chi connectivity index (χ1n) is 7.85. The molecule has 0 saturated carbocycles. The third-order valence-corrected chi connectivity index (χ3v) is 8.01. The van der Waals surface area contributed by atoms with Gasteiger partial charge in [-0.3, -0.25) is 9.42 Å². The number of amides is 2. The molecule has 6 N–H and O–H groups in total. The van der Waals surface area contributed by atoms with E-state index < -0.39 is 60.2 Å². The highest BCUT2D eigenvalue weighted by Crippen LogP contribution is 2.66. The van der Waals surface area contributed by atoms with Crippen LogP contribution in [-0.4, -0.2) is 77.9 Å². The summed E-state index contributed by atoms with van der Waals surface area (Å²) in [6.45, 7) is -0.202.